The van der Waals surface area contributed by atoms with Gasteiger partial charge in [-0.05, 0) is 61.6 Å². The molecule has 4 saturated carbocycles. The zero-order valence-electron chi connectivity index (χ0n) is 13.4. The lowest BCUT2D eigenvalue weighted by Gasteiger charge is -2.55. The fourth-order valence-corrected chi connectivity index (χ4v) is 6.03. The van der Waals surface area contributed by atoms with Gasteiger partial charge in [0, 0.05) is 23.7 Å². The topological polar surface area (TPSA) is 36.8 Å². The molecular weight excluding hydrogens is 338 g/mol. The lowest BCUT2D eigenvalue weighted by Crippen LogP contribution is -3.00. The summed E-state index contributed by atoms with van der Waals surface area (Å²) in [4.78, 5) is 0. The number of nitrogens with two attached hydrogens (primary N) is 1. The monoisotopic (exact) mass is 364 g/mol. The normalized spacial score (nSPS) is 39.0. The van der Waals surface area contributed by atoms with Crippen LogP contribution in [0.3, 0.4) is 0 Å². The second-order valence-electron chi connectivity index (χ2n) is 8.47. The predicted molar refractivity (Wildman–Crippen MR) is 91.4 cm³/mol. The van der Waals surface area contributed by atoms with Crippen molar-refractivity contribution in [1.29, 1.82) is 0 Å². The van der Waals surface area contributed by atoms with Crippen molar-refractivity contribution in [2.24, 2.45) is 17.8 Å². The van der Waals surface area contributed by atoms with Gasteiger partial charge in [-0.2, -0.15) is 0 Å². The van der Waals surface area contributed by atoms with Crippen molar-refractivity contribution in [3.8, 4) is 0 Å². The molecule has 3 N–H and O–H groups in total. The molecule has 4 fully saturated rings. The molecule has 22 heavy (non-hydrogen) atoms. The first kappa shape index (κ1) is 15.2. The summed E-state index contributed by atoms with van der Waals surface area (Å²) < 4.78 is 1.07. The molecule has 4 aliphatic carbocycles. The van der Waals surface area contributed by atoms with Gasteiger partial charge in [0.25, 0.3) is 0 Å². The number of hydrogen-bond donors (Lipinski definition) is 2. The summed E-state index contributed by atoms with van der Waals surface area (Å²) in [5, 5.41) is 13.4. The van der Waals surface area contributed by atoms with E-state index in [0.717, 1.165) is 34.3 Å². The van der Waals surface area contributed by atoms with Crippen molar-refractivity contribution in [1.82, 2.24) is 0 Å². The van der Waals surface area contributed by atoms with Crippen molar-refractivity contribution in [2.75, 3.05) is 6.54 Å². The highest BCUT2D eigenvalue weighted by molar-refractivity contribution is 9.10. The van der Waals surface area contributed by atoms with E-state index in [0.29, 0.717) is 5.54 Å². The average molecular weight is 365 g/mol. The molecule has 0 spiro atoms. The minimum atomic E-state index is -0.746. The molecule has 4 aliphatic rings. The van der Waals surface area contributed by atoms with Crippen LogP contribution in [-0.2, 0) is 5.60 Å². The van der Waals surface area contributed by atoms with Crippen molar-refractivity contribution in [2.45, 2.75) is 56.6 Å². The van der Waals surface area contributed by atoms with Gasteiger partial charge in [0.15, 0.2) is 0 Å². The molecule has 0 saturated heterocycles. The average Bonchev–Trinajstić information content (AvgIpc) is 2.45. The molecule has 3 heteroatoms. The minimum absolute atomic E-state index is 0.439. The van der Waals surface area contributed by atoms with E-state index in [1.54, 1.807) is 0 Å². The molecule has 0 unspecified atom stereocenters. The van der Waals surface area contributed by atoms with Crippen LogP contribution in [0.1, 0.15) is 51.0 Å². The van der Waals surface area contributed by atoms with Crippen LogP contribution < -0.4 is 5.32 Å². The highest BCUT2D eigenvalue weighted by Crippen LogP contribution is 2.54. The van der Waals surface area contributed by atoms with Gasteiger partial charge in [-0.15, -0.1) is 0 Å². The van der Waals surface area contributed by atoms with E-state index >= 15 is 0 Å². The first-order chi connectivity index (χ1) is 10.4. The maximum Gasteiger partial charge on any atom is 0.135 e. The molecule has 1 aromatic rings. The number of aliphatic hydroxyl groups is 1. The Labute approximate surface area is 141 Å². The van der Waals surface area contributed by atoms with Gasteiger partial charge >= 0.3 is 0 Å². The maximum atomic E-state index is 10.9. The summed E-state index contributed by atoms with van der Waals surface area (Å²) >= 11 is 3.47. The Morgan fingerprint density at radius 2 is 1.59 bits per heavy atom. The van der Waals surface area contributed by atoms with E-state index in [-0.39, 0.29) is 0 Å². The van der Waals surface area contributed by atoms with Crippen LogP contribution in [0.4, 0.5) is 0 Å². The highest BCUT2D eigenvalue weighted by atomic mass is 79.9. The van der Waals surface area contributed by atoms with Gasteiger partial charge in [0.2, 0.25) is 0 Å². The largest absolute Gasteiger partial charge is 0.380 e. The van der Waals surface area contributed by atoms with E-state index in [1.165, 1.54) is 38.5 Å². The van der Waals surface area contributed by atoms with Gasteiger partial charge in [-0.25, -0.2) is 0 Å². The molecular formula is C19H27BrNO+. The Bertz CT molecular complexity index is 516. The van der Waals surface area contributed by atoms with Crippen LogP contribution >= 0.6 is 15.9 Å². The smallest absolute Gasteiger partial charge is 0.135 e. The molecule has 120 valence electrons. The zero-order valence-corrected chi connectivity index (χ0v) is 15.0. The van der Waals surface area contributed by atoms with Crippen molar-refractivity contribution in [3.05, 3.63) is 34.3 Å². The Kier molecular flexibility index (Phi) is 3.67. The first-order valence-corrected chi connectivity index (χ1v) is 9.56. The van der Waals surface area contributed by atoms with Gasteiger partial charge in [-0.3, -0.25) is 0 Å². The van der Waals surface area contributed by atoms with E-state index in [9.17, 15) is 5.11 Å². The van der Waals surface area contributed by atoms with E-state index in [4.69, 9.17) is 0 Å². The maximum absolute atomic E-state index is 10.9. The van der Waals surface area contributed by atoms with Crippen LogP contribution in [0, 0.1) is 17.8 Å². The van der Waals surface area contributed by atoms with Gasteiger partial charge in [0.05, 0.1) is 5.54 Å². The van der Waals surface area contributed by atoms with Gasteiger partial charge < -0.3 is 10.4 Å². The number of hydrogen-bond acceptors (Lipinski definition) is 1. The van der Waals surface area contributed by atoms with Crippen molar-refractivity contribution >= 4 is 15.9 Å². The molecule has 4 bridgehead atoms. The summed E-state index contributed by atoms with van der Waals surface area (Å²) in [6.45, 7) is 2.74. The third kappa shape index (κ3) is 2.76. The van der Waals surface area contributed by atoms with E-state index < -0.39 is 5.60 Å². The van der Waals surface area contributed by atoms with Crippen LogP contribution in [0.15, 0.2) is 28.7 Å². The number of quaternary nitrogens is 1. The molecule has 2 nitrogen and oxygen atoms in total. The molecule has 0 amide bonds. The second-order valence-corrected chi connectivity index (χ2v) is 9.38. The van der Waals surface area contributed by atoms with Crippen LogP contribution in [0.2, 0.25) is 0 Å². The predicted octanol–water partition coefficient (Wildman–Crippen LogP) is 3.19. The second kappa shape index (κ2) is 5.32. The molecule has 1 atom stereocenters. The summed E-state index contributed by atoms with van der Waals surface area (Å²) in [7, 11) is 0. The van der Waals surface area contributed by atoms with Gasteiger partial charge in [0.1, 0.15) is 12.1 Å². The standard InChI is InChI=1S/C19H26BrNO/c1-18(22,16-2-4-17(20)5-3-16)12-21-19-9-13-6-14(10-19)8-15(7-13)11-19/h2-5,13-15,21-22H,6-12H2,1H3/p+1/t13?,14?,15?,18-,19?/m0/s1. The molecule has 0 aliphatic heterocycles. The molecule has 1 aromatic carbocycles. The third-order valence-corrected chi connectivity index (χ3v) is 7.01. The lowest BCUT2D eigenvalue weighted by molar-refractivity contribution is -0.748. The van der Waals surface area contributed by atoms with Crippen molar-refractivity contribution in [3.63, 3.8) is 0 Å². The fraction of sp³-hybridized carbons (Fsp3) is 0.684. The molecule has 0 radical (unpaired) electrons. The Morgan fingerprint density at radius 1 is 1.09 bits per heavy atom. The van der Waals surface area contributed by atoms with Crippen LogP contribution in [0.5, 0.6) is 0 Å². The fourth-order valence-electron chi connectivity index (χ4n) is 5.77. The molecule has 0 aromatic heterocycles. The Morgan fingerprint density at radius 3 is 2.09 bits per heavy atom. The van der Waals surface area contributed by atoms with E-state index in [1.807, 2.05) is 31.2 Å². The van der Waals surface area contributed by atoms with Crippen LogP contribution in [0.25, 0.3) is 0 Å². The number of rotatable bonds is 4. The van der Waals surface area contributed by atoms with Crippen LogP contribution in [-0.4, -0.2) is 17.2 Å². The summed E-state index contributed by atoms with van der Waals surface area (Å²) in [6.07, 6.45) is 8.60. The summed E-state index contributed by atoms with van der Waals surface area (Å²) in [5.74, 6) is 2.92. The van der Waals surface area contributed by atoms with E-state index in [2.05, 4.69) is 21.2 Å². The quantitative estimate of drug-likeness (QED) is 0.845. The number of benzene rings is 1. The van der Waals surface area contributed by atoms with Gasteiger partial charge in [-0.1, -0.05) is 28.1 Å². The summed E-state index contributed by atoms with van der Waals surface area (Å²) in [6, 6.07) is 8.12. The molecule has 0 heterocycles. The number of halogens is 1. The Balaban J connectivity index is 1.46. The first-order valence-electron chi connectivity index (χ1n) is 8.77. The zero-order chi connectivity index (χ0) is 15.4. The minimum Gasteiger partial charge on any atom is -0.380 e. The Hall–Kier alpha value is -0.380. The SMILES string of the molecule is C[C@](O)(C[NH2+]C12CC3CC(CC(C3)C1)C2)c1ccc(Br)cc1. The third-order valence-electron chi connectivity index (χ3n) is 6.48. The lowest BCUT2D eigenvalue weighted by atomic mass is 9.53. The molecule has 5 rings (SSSR count). The highest BCUT2D eigenvalue weighted by Gasteiger charge is 2.53. The summed E-state index contributed by atoms with van der Waals surface area (Å²) in [5.41, 5.74) is 0.717. The van der Waals surface area contributed by atoms with Crippen molar-refractivity contribution < 1.29 is 10.4 Å².